The Morgan fingerprint density at radius 3 is 2.41 bits per heavy atom. The van der Waals surface area contributed by atoms with Crippen LogP contribution >= 0.6 is 0 Å². The van der Waals surface area contributed by atoms with Crippen LogP contribution in [0, 0.1) is 0 Å². The van der Waals surface area contributed by atoms with Crippen molar-refractivity contribution in [3.63, 3.8) is 0 Å². The minimum atomic E-state index is -2.99. The molecular weight excluding hydrogens is 362 g/mol. The molecule has 0 saturated carbocycles. The number of ether oxygens (including phenoxy) is 1. The summed E-state index contributed by atoms with van der Waals surface area (Å²) >= 11 is 0. The molecule has 0 bridgehead atoms. The first-order valence-corrected chi connectivity index (χ1v) is 11.7. The Kier molecular flexibility index (Phi) is 7.32. The van der Waals surface area contributed by atoms with Crippen LogP contribution < -0.4 is 4.74 Å². The van der Waals surface area contributed by atoms with E-state index in [1.54, 1.807) is 4.90 Å². The quantitative estimate of drug-likeness (QED) is 0.631. The molecule has 1 aliphatic heterocycles. The average Bonchev–Trinajstić information content (AvgIpc) is 2.95. The van der Waals surface area contributed by atoms with Gasteiger partial charge in [0.05, 0.1) is 18.1 Å². The second-order valence-electron chi connectivity index (χ2n) is 8.37. The molecule has 0 aromatic heterocycles. The van der Waals surface area contributed by atoms with E-state index < -0.39 is 9.84 Å². The number of carbonyl (C=O) groups is 1. The Hall–Kier alpha value is -1.56. The van der Waals surface area contributed by atoms with E-state index in [0.29, 0.717) is 32.4 Å². The van der Waals surface area contributed by atoms with Gasteiger partial charge in [-0.05, 0) is 42.4 Å². The minimum absolute atomic E-state index is 0.0330. The molecule has 1 heterocycles. The molecule has 0 aliphatic carbocycles. The molecule has 6 heteroatoms. The molecule has 1 saturated heterocycles. The van der Waals surface area contributed by atoms with Crippen LogP contribution in [0.3, 0.4) is 0 Å². The number of benzene rings is 1. The van der Waals surface area contributed by atoms with Gasteiger partial charge in [-0.15, -0.1) is 0 Å². The maximum atomic E-state index is 12.6. The largest absolute Gasteiger partial charge is 0.494 e. The van der Waals surface area contributed by atoms with Crippen molar-refractivity contribution >= 4 is 15.7 Å². The Labute approximate surface area is 164 Å². The monoisotopic (exact) mass is 395 g/mol. The highest BCUT2D eigenvalue weighted by atomic mass is 32.2. The van der Waals surface area contributed by atoms with Gasteiger partial charge in [-0.25, -0.2) is 8.42 Å². The minimum Gasteiger partial charge on any atom is -0.494 e. The Balaban J connectivity index is 1.80. The van der Waals surface area contributed by atoms with Crippen molar-refractivity contribution in [1.29, 1.82) is 0 Å². The lowest BCUT2D eigenvalue weighted by Crippen LogP contribution is -2.41. The van der Waals surface area contributed by atoms with Gasteiger partial charge in [0.2, 0.25) is 5.91 Å². The summed E-state index contributed by atoms with van der Waals surface area (Å²) in [6.45, 7) is 9.62. The molecule has 1 atom stereocenters. The van der Waals surface area contributed by atoms with Crippen molar-refractivity contribution in [2.75, 3.05) is 24.7 Å². The molecule has 152 valence electrons. The van der Waals surface area contributed by atoms with E-state index in [2.05, 4.69) is 32.9 Å². The fourth-order valence-electron chi connectivity index (χ4n) is 3.38. The summed E-state index contributed by atoms with van der Waals surface area (Å²) < 4.78 is 29.2. The van der Waals surface area contributed by atoms with Gasteiger partial charge in [0.1, 0.15) is 5.75 Å². The Bertz CT molecular complexity index is 720. The third-order valence-electron chi connectivity index (χ3n) is 4.96. The van der Waals surface area contributed by atoms with Crippen molar-refractivity contribution < 1.29 is 17.9 Å². The Morgan fingerprint density at radius 2 is 1.89 bits per heavy atom. The van der Waals surface area contributed by atoms with Gasteiger partial charge in [-0.1, -0.05) is 39.8 Å². The number of hydrogen-bond donors (Lipinski definition) is 0. The first-order valence-electron chi connectivity index (χ1n) is 9.85. The molecule has 0 N–H and O–H groups in total. The van der Waals surface area contributed by atoms with Crippen molar-refractivity contribution in [2.45, 2.75) is 64.8 Å². The van der Waals surface area contributed by atoms with Crippen LogP contribution in [0.2, 0.25) is 0 Å². The van der Waals surface area contributed by atoms with Gasteiger partial charge in [0.25, 0.3) is 0 Å². The van der Waals surface area contributed by atoms with Crippen molar-refractivity contribution in [1.82, 2.24) is 4.90 Å². The molecule has 1 aromatic rings. The van der Waals surface area contributed by atoms with Gasteiger partial charge >= 0.3 is 0 Å². The lowest BCUT2D eigenvalue weighted by atomic mass is 9.87. The van der Waals surface area contributed by atoms with E-state index in [1.807, 2.05) is 19.1 Å². The molecule has 0 spiro atoms. The number of rotatable bonds is 8. The summed E-state index contributed by atoms with van der Waals surface area (Å²) in [7, 11) is -2.99. The standard InChI is InChI=1S/C21H33NO4S/c1-5-13-22(18-12-15-27(24,25)16-18)20(23)7-6-14-26-19-10-8-17(9-11-19)21(2,3)4/h8-11,18H,5-7,12-16H2,1-4H3. The molecule has 1 aliphatic rings. The van der Waals surface area contributed by atoms with Crippen LogP contribution in [-0.2, 0) is 20.0 Å². The third kappa shape index (κ3) is 6.52. The van der Waals surface area contributed by atoms with Crippen LogP contribution in [0.1, 0.15) is 58.9 Å². The Morgan fingerprint density at radius 1 is 1.22 bits per heavy atom. The van der Waals surface area contributed by atoms with Gasteiger partial charge in [-0.2, -0.15) is 0 Å². The zero-order valence-electron chi connectivity index (χ0n) is 17.0. The number of nitrogens with zero attached hydrogens (tertiary/aromatic N) is 1. The summed E-state index contributed by atoms with van der Waals surface area (Å²) in [5.74, 6) is 1.14. The van der Waals surface area contributed by atoms with Crippen LogP contribution in [0.25, 0.3) is 0 Å². The smallest absolute Gasteiger partial charge is 0.222 e. The van der Waals surface area contributed by atoms with Crippen molar-refractivity contribution in [3.8, 4) is 5.75 Å². The second kappa shape index (κ2) is 9.09. The highest BCUT2D eigenvalue weighted by molar-refractivity contribution is 7.91. The molecular formula is C21H33NO4S. The molecule has 5 nitrogen and oxygen atoms in total. The van der Waals surface area contributed by atoms with E-state index in [1.165, 1.54) is 5.56 Å². The van der Waals surface area contributed by atoms with E-state index in [9.17, 15) is 13.2 Å². The topological polar surface area (TPSA) is 63.7 Å². The van der Waals surface area contributed by atoms with Crippen molar-refractivity contribution in [2.24, 2.45) is 0 Å². The first kappa shape index (κ1) is 21.7. The van der Waals surface area contributed by atoms with Gasteiger partial charge in [-0.3, -0.25) is 4.79 Å². The lowest BCUT2D eigenvalue weighted by Gasteiger charge is -2.28. The zero-order chi connectivity index (χ0) is 20.1. The number of sulfone groups is 1. The highest BCUT2D eigenvalue weighted by Crippen LogP contribution is 2.24. The lowest BCUT2D eigenvalue weighted by molar-refractivity contribution is -0.133. The van der Waals surface area contributed by atoms with Crippen LogP contribution in [0.5, 0.6) is 5.75 Å². The van der Waals surface area contributed by atoms with Gasteiger partial charge < -0.3 is 9.64 Å². The number of amides is 1. The van der Waals surface area contributed by atoms with Crippen LogP contribution in [0.15, 0.2) is 24.3 Å². The summed E-state index contributed by atoms with van der Waals surface area (Å²) in [5, 5.41) is 0. The fraction of sp³-hybridized carbons (Fsp3) is 0.667. The summed E-state index contributed by atoms with van der Waals surface area (Å²) in [6.07, 6.45) is 2.40. The predicted octanol–water partition coefficient (Wildman–Crippen LogP) is 3.57. The van der Waals surface area contributed by atoms with E-state index in [-0.39, 0.29) is 28.9 Å². The molecule has 0 radical (unpaired) electrons. The number of carbonyl (C=O) groups excluding carboxylic acids is 1. The van der Waals surface area contributed by atoms with E-state index >= 15 is 0 Å². The van der Waals surface area contributed by atoms with E-state index in [4.69, 9.17) is 4.74 Å². The molecule has 1 amide bonds. The zero-order valence-corrected chi connectivity index (χ0v) is 17.8. The second-order valence-corrected chi connectivity index (χ2v) is 10.6. The molecule has 2 rings (SSSR count). The molecule has 1 aromatic carbocycles. The third-order valence-corrected chi connectivity index (χ3v) is 6.71. The highest BCUT2D eigenvalue weighted by Gasteiger charge is 2.33. The van der Waals surface area contributed by atoms with Crippen LogP contribution in [-0.4, -0.2) is 49.9 Å². The fourth-order valence-corrected chi connectivity index (χ4v) is 5.11. The maximum Gasteiger partial charge on any atom is 0.222 e. The molecule has 27 heavy (non-hydrogen) atoms. The predicted molar refractivity (Wildman–Crippen MR) is 109 cm³/mol. The molecule has 1 fully saturated rings. The summed E-state index contributed by atoms with van der Waals surface area (Å²) in [6, 6.07) is 7.92. The summed E-state index contributed by atoms with van der Waals surface area (Å²) in [5.41, 5.74) is 1.37. The number of hydrogen-bond acceptors (Lipinski definition) is 4. The van der Waals surface area contributed by atoms with Gasteiger partial charge in [0, 0.05) is 19.0 Å². The van der Waals surface area contributed by atoms with Gasteiger partial charge in [0.15, 0.2) is 9.84 Å². The van der Waals surface area contributed by atoms with Crippen LogP contribution in [0.4, 0.5) is 0 Å². The normalized spacial score (nSPS) is 19.0. The van der Waals surface area contributed by atoms with Crippen molar-refractivity contribution in [3.05, 3.63) is 29.8 Å². The first-order chi connectivity index (χ1) is 12.6. The van der Waals surface area contributed by atoms with E-state index in [0.717, 1.165) is 12.2 Å². The summed E-state index contributed by atoms with van der Waals surface area (Å²) in [4.78, 5) is 14.3. The maximum absolute atomic E-state index is 12.6. The average molecular weight is 396 g/mol. The SMILES string of the molecule is CCCN(C(=O)CCCOc1ccc(C(C)(C)C)cc1)C1CCS(=O)(=O)C1. The molecule has 1 unspecified atom stereocenters.